The predicted octanol–water partition coefficient (Wildman–Crippen LogP) is 5.38. The summed E-state index contributed by atoms with van der Waals surface area (Å²) >= 11 is 3.42. The van der Waals surface area contributed by atoms with E-state index in [-0.39, 0.29) is 11.3 Å². The third-order valence-electron chi connectivity index (χ3n) is 4.99. The Morgan fingerprint density at radius 2 is 1.52 bits per heavy atom. The lowest BCUT2D eigenvalue weighted by Crippen LogP contribution is -2.29. The third kappa shape index (κ3) is 3.49. The lowest BCUT2D eigenvalue weighted by atomic mass is 9.95. The summed E-state index contributed by atoms with van der Waals surface area (Å²) in [5.41, 5.74) is 2.98. The molecule has 4 nitrogen and oxygen atoms in total. The van der Waals surface area contributed by atoms with Gasteiger partial charge in [0.15, 0.2) is 0 Å². The van der Waals surface area contributed by atoms with Crippen LogP contribution in [-0.2, 0) is 9.59 Å². The molecule has 1 amide bonds. The molecular weight excluding hydrogens is 430 g/mol. The van der Waals surface area contributed by atoms with Gasteiger partial charge in [0.25, 0.3) is 11.7 Å². The molecule has 1 saturated heterocycles. The van der Waals surface area contributed by atoms with Crippen LogP contribution in [0.25, 0.3) is 5.76 Å². The van der Waals surface area contributed by atoms with E-state index >= 15 is 0 Å². The van der Waals surface area contributed by atoms with Gasteiger partial charge in [-0.25, -0.2) is 0 Å². The van der Waals surface area contributed by atoms with E-state index in [1.807, 2.05) is 61.5 Å². The molecule has 0 unspecified atom stereocenters. The first-order valence-electron chi connectivity index (χ1n) is 9.16. The molecule has 29 heavy (non-hydrogen) atoms. The molecule has 0 bridgehead atoms. The Kier molecular flexibility index (Phi) is 5.07. The van der Waals surface area contributed by atoms with Crippen LogP contribution in [0, 0.1) is 6.92 Å². The average Bonchev–Trinajstić information content (AvgIpc) is 3.00. The number of hydrogen-bond acceptors (Lipinski definition) is 3. The smallest absolute Gasteiger partial charge is 0.300 e. The Labute approximate surface area is 177 Å². The topological polar surface area (TPSA) is 57.6 Å². The zero-order chi connectivity index (χ0) is 20.5. The molecule has 0 radical (unpaired) electrons. The summed E-state index contributed by atoms with van der Waals surface area (Å²) in [6.07, 6.45) is 0. The number of hydrogen-bond donors (Lipinski definition) is 1. The summed E-state index contributed by atoms with van der Waals surface area (Å²) in [6, 6.07) is 22.9. The van der Waals surface area contributed by atoms with Crippen LogP contribution >= 0.6 is 15.9 Å². The van der Waals surface area contributed by atoms with Gasteiger partial charge in [-0.05, 0) is 36.8 Å². The van der Waals surface area contributed by atoms with Crippen LogP contribution in [0.4, 0.5) is 5.69 Å². The molecule has 0 aromatic heterocycles. The minimum Gasteiger partial charge on any atom is -0.507 e. The first kappa shape index (κ1) is 19.2. The number of aliphatic hydroxyl groups is 1. The lowest BCUT2D eigenvalue weighted by molar-refractivity contribution is -0.132. The van der Waals surface area contributed by atoms with E-state index in [0.717, 1.165) is 15.6 Å². The summed E-state index contributed by atoms with van der Waals surface area (Å²) in [5.74, 6) is -1.52. The molecule has 3 aromatic rings. The summed E-state index contributed by atoms with van der Waals surface area (Å²) in [4.78, 5) is 27.5. The summed E-state index contributed by atoms with van der Waals surface area (Å²) in [7, 11) is 0. The van der Waals surface area contributed by atoms with Crippen LogP contribution in [0.3, 0.4) is 0 Å². The number of Topliss-reactive ketones (excluding diaryl/α,β-unsaturated/α-hetero) is 1. The lowest BCUT2D eigenvalue weighted by Gasteiger charge is -2.25. The fourth-order valence-electron chi connectivity index (χ4n) is 3.52. The SMILES string of the molecule is Cc1ccc(N2C(=O)C(=O)/C(=C(/O)c3ccccc3)[C@H]2c2ccc(Br)cc2)cc1. The largest absolute Gasteiger partial charge is 0.507 e. The van der Waals surface area contributed by atoms with Crippen molar-refractivity contribution in [2.45, 2.75) is 13.0 Å². The number of amides is 1. The first-order valence-corrected chi connectivity index (χ1v) is 9.95. The van der Waals surface area contributed by atoms with E-state index in [0.29, 0.717) is 11.3 Å². The molecule has 0 saturated carbocycles. The number of anilines is 1. The molecular formula is C24H18BrNO3. The van der Waals surface area contributed by atoms with Crippen molar-refractivity contribution in [2.24, 2.45) is 0 Å². The maximum absolute atomic E-state index is 13.0. The molecule has 1 atom stereocenters. The second kappa shape index (κ2) is 7.68. The fraction of sp³-hybridized carbons (Fsp3) is 0.0833. The van der Waals surface area contributed by atoms with Crippen LogP contribution in [0.5, 0.6) is 0 Å². The van der Waals surface area contributed by atoms with Crippen molar-refractivity contribution < 1.29 is 14.7 Å². The van der Waals surface area contributed by atoms with Crippen LogP contribution in [0.1, 0.15) is 22.7 Å². The van der Waals surface area contributed by atoms with Crippen LogP contribution in [0.2, 0.25) is 0 Å². The van der Waals surface area contributed by atoms with Crippen molar-refractivity contribution in [3.63, 3.8) is 0 Å². The number of ketones is 1. The Bertz CT molecular complexity index is 1100. The standard InChI is InChI=1S/C24H18BrNO3/c1-15-7-13-19(14-8-15)26-21(16-9-11-18(25)12-10-16)20(23(28)24(26)29)22(27)17-5-3-2-4-6-17/h2-14,21,27H,1H3/b22-20+/t21-/m1/s1. The van der Waals surface area contributed by atoms with Gasteiger partial charge in [-0.1, -0.05) is 76.1 Å². The molecule has 1 heterocycles. The second-order valence-corrected chi connectivity index (χ2v) is 7.84. The minimum absolute atomic E-state index is 0.0871. The molecule has 1 N–H and O–H groups in total. The number of benzene rings is 3. The molecule has 144 valence electrons. The number of halogens is 1. The highest BCUT2D eigenvalue weighted by atomic mass is 79.9. The minimum atomic E-state index is -0.717. The Hall–Kier alpha value is -3.18. The van der Waals surface area contributed by atoms with Crippen LogP contribution < -0.4 is 4.90 Å². The highest BCUT2D eigenvalue weighted by Gasteiger charge is 2.46. The Balaban J connectivity index is 1.94. The zero-order valence-electron chi connectivity index (χ0n) is 15.7. The van der Waals surface area contributed by atoms with Gasteiger partial charge in [0.2, 0.25) is 0 Å². The van der Waals surface area contributed by atoms with Crippen molar-refractivity contribution >= 4 is 39.1 Å². The number of carbonyl (C=O) groups is 2. The normalized spacial score (nSPS) is 18.3. The van der Waals surface area contributed by atoms with Gasteiger partial charge in [0.05, 0.1) is 11.6 Å². The summed E-state index contributed by atoms with van der Waals surface area (Å²) in [6.45, 7) is 1.96. The Morgan fingerprint density at radius 1 is 0.897 bits per heavy atom. The van der Waals surface area contributed by atoms with Crippen molar-refractivity contribution in [2.75, 3.05) is 4.90 Å². The van der Waals surface area contributed by atoms with E-state index in [9.17, 15) is 14.7 Å². The fourth-order valence-corrected chi connectivity index (χ4v) is 3.78. The van der Waals surface area contributed by atoms with Gasteiger partial charge >= 0.3 is 0 Å². The van der Waals surface area contributed by atoms with E-state index in [2.05, 4.69) is 15.9 Å². The summed E-state index contributed by atoms with van der Waals surface area (Å²) in [5, 5.41) is 11.0. The van der Waals surface area contributed by atoms with E-state index < -0.39 is 17.7 Å². The van der Waals surface area contributed by atoms with Crippen molar-refractivity contribution in [1.29, 1.82) is 0 Å². The molecule has 1 fully saturated rings. The highest BCUT2D eigenvalue weighted by Crippen LogP contribution is 2.42. The molecule has 4 rings (SSSR count). The van der Waals surface area contributed by atoms with Crippen molar-refractivity contribution in [3.8, 4) is 0 Å². The van der Waals surface area contributed by atoms with Crippen molar-refractivity contribution in [1.82, 2.24) is 0 Å². The van der Waals surface area contributed by atoms with E-state index in [1.165, 1.54) is 4.90 Å². The number of rotatable bonds is 3. The van der Waals surface area contributed by atoms with Gasteiger partial charge in [0, 0.05) is 15.7 Å². The predicted molar refractivity (Wildman–Crippen MR) is 117 cm³/mol. The highest BCUT2D eigenvalue weighted by molar-refractivity contribution is 9.10. The number of carbonyl (C=O) groups excluding carboxylic acids is 2. The first-order chi connectivity index (χ1) is 14.0. The Morgan fingerprint density at radius 3 is 2.14 bits per heavy atom. The molecule has 0 spiro atoms. The molecule has 1 aliphatic heterocycles. The zero-order valence-corrected chi connectivity index (χ0v) is 17.3. The number of aryl methyl sites for hydroxylation is 1. The van der Waals surface area contributed by atoms with Gasteiger partial charge < -0.3 is 5.11 Å². The number of aliphatic hydroxyl groups excluding tert-OH is 1. The van der Waals surface area contributed by atoms with Crippen molar-refractivity contribution in [3.05, 3.63) is 106 Å². The third-order valence-corrected chi connectivity index (χ3v) is 5.52. The molecule has 1 aliphatic rings. The van der Waals surface area contributed by atoms with Crippen LogP contribution in [0.15, 0.2) is 88.9 Å². The summed E-state index contributed by atoms with van der Waals surface area (Å²) < 4.78 is 0.886. The van der Waals surface area contributed by atoms with Crippen LogP contribution in [-0.4, -0.2) is 16.8 Å². The van der Waals surface area contributed by atoms with E-state index in [1.54, 1.807) is 24.3 Å². The quantitative estimate of drug-likeness (QED) is 0.332. The maximum atomic E-state index is 13.0. The average molecular weight is 448 g/mol. The van der Waals surface area contributed by atoms with Gasteiger partial charge in [-0.2, -0.15) is 0 Å². The molecule has 5 heteroatoms. The van der Waals surface area contributed by atoms with Gasteiger partial charge in [-0.3, -0.25) is 14.5 Å². The molecule has 0 aliphatic carbocycles. The number of nitrogens with zero attached hydrogens (tertiary/aromatic N) is 1. The molecule has 3 aromatic carbocycles. The van der Waals surface area contributed by atoms with Gasteiger partial charge in [-0.15, -0.1) is 0 Å². The monoisotopic (exact) mass is 447 g/mol. The van der Waals surface area contributed by atoms with E-state index in [4.69, 9.17) is 0 Å². The maximum Gasteiger partial charge on any atom is 0.300 e. The second-order valence-electron chi connectivity index (χ2n) is 6.92. The van der Waals surface area contributed by atoms with Gasteiger partial charge in [0.1, 0.15) is 5.76 Å².